The van der Waals surface area contributed by atoms with E-state index in [9.17, 15) is 0 Å². The van der Waals surface area contributed by atoms with Gasteiger partial charge in [-0.2, -0.15) is 0 Å². The third kappa shape index (κ3) is 2.82. The van der Waals surface area contributed by atoms with E-state index in [1.807, 2.05) is 12.1 Å². The third-order valence-electron chi connectivity index (χ3n) is 5.75. The van der Waals surface area contributed by atoms with Gasteiger partial charge in [-0.3, -0.25) is 0 Å². The van der Waals surface area contributed by atoms with Crippen LogP contribution in [0.2, 0.25) is 0 Å². The molecule has 0 aliphatic heterocycles. The van der Waals surface area contributed by atoms with Gasteiger partial charge in [0.2, 0.25) is 0 Å². The number of hydrogen-bond acceptors (Lipinski definition) is 3. The third-order valence-corrected chi connectivity index (χ3v) is 5.75. The second kappa shape index (κ2) is 5.29. The van der Waals surface area contributed by atoms with Gasteiger partial charge in [-0.25, -0.2) is 0 Å². The van der Waals surface area contributed by atoms with E-state index in [2.05, 4.69) is 43.1 Å². The summed E-state index contributed by atoms with van der Waals surface area (Å²) in [6.07, 6.45) is 6.71. The fourth-order valence-corrected chi connectivity index (χ4v) is 3.93. The molecule has 3 heteroatoms. The number of hydrogen-bond donors (Lipinski definition) is 1. The summed E-state index contributed by atoms with van der Waals surface area (Å²) >= 11 is 0. The molecule has 0 atom stereocenters. The van der Waals surface area contributed by atoms with Gasteiger partial charge in [0, 0.05) is 29.7 Å². The van der Waals surface area contributed by atoms with Crippen molar-refractivity contribution in [3.8, 4) is 0 Å². The molecule has 2 saturated carbocycles. The van der Waals surface area contributed by atoms with Crippen molar-refractivity contribution in [2.45, 2.75) is 43.1 Å². The molecule has 0 heterocycles. The largest absolute Gasteiger partial charge is 0.399 e. The molecule has 1 aromatic carbocycles. The van der Waals surface area contributed by atoms with E-state index in [1.165, 1.54) is 50.8 Å². The van der Waals surface area contributed by atoms with Crippen LogP contribution in [0.3, 0.4) is 0 Å². The van der Waals surface area contributed by atoms with E-state index in [0.717, 1.165) is 5.69 Å². The number of anilines is 1. The molecule has 0 radical (unpaired) electrons. The number of benzene rings is 1. The second-order valence-corrected chi connectivity index (χ2v) is 7.55. The molecule has 2 aliphatic carbocycles. The summed E-state index contributed by atoms with van der Waals surface area (Å²) in [6, 6.07) is 8.54. The number of nitrogen functional groups attached to an aromatic ring is 1. The lowest BCUT2D eigenvalue weighted by Gasteiger charge is -2.49. The predicted molar refractivity (Wildman–Crippen MR) is 89.5 cm³/mol. The first-order chi connectivity index (χ1) is 9.96. The lowest BCUT2D eigenvalue weighted by molar-refractivity contribution is 0.0256. The fourth-order valence-electron chi connectivity index (χ4n) is 3.93. The molecule has 0 amide bonds. The normalized spacial score (nSPS) is 22.3. The van der Waals surface area contributed by atoms with Crippen LogP contribution in [0.4, 0.5) is 5.69 Å². The van der Waals surface area contributed by atoms with Gasteiger partial charge in [-0.1, -0.05) is 12.1 Å². The van der Waals surface area contributed by atoms with Crippen LogP contribution >= 0.6 is 0 Å². The highest BCUT2D eigenvalue weighted by Gasteiger charge is 2.46. The van der Waals surface area contributed by atoms with E-state index in [0.29, 0.717) is 11.0 Å². The Labute approximate surface area is 129 Å². The van der Waals surface area contributed by atoms with Gasteiger partial charge in [0.1, 0.15) is 0 Å². The van der Waals surface area contributed by atoms with Crippen LogP contribution in [0.15, 0.2) is 24.3 Å². The van der Waals surface area contributed by atoms with Crippen molar-refractivity contribution < 1.29 is 0 Å². The topological polar surface area (TPSA) is 32.5 Å². The highest BCUT2D eigenvalue weighted by Crippen LogP contribution is 2.49. The van der Waals surface area contributed by atoms with Crippen LogP contribution in [0.1, 0.15) is 37.7 Å². The van der Waals surface area contributed by atoms with Crippen molar-refractivity contribution >= 4 is 5.69 Å². The quantitative estimate of drug-likeness (QED) is 0.817. The Morgan fingerprint density at radius 2 is 1.57 bits per heavy atom. The molecule has 0 bridgehead atoms. The van der Waals surface area contributed by atoms with Crippen LogP contribution in [-0.2, 0) is 5.41 Å². The van der Waals surface area contributed by atoms with E-state index >= 15 is 0 Å². The summed E-state index contributed by atoms with van der Waals surface area (Å²) < 4.78 is 0. The summed E-state index contributed by atoms with van der Waals surface area (Å²) in [5, 5.41) is 0. The summed E-state index contributed by atoms with van der Waals surface area (Å²) in [4.78, 5) is 5.00. The van der Waals surface area contributed by atoms with Gasteiger partial charge in [0.05, 0.1) is 0 Å². The Morgan fingerprint density at radius 1 is 0.952 bits per heavy atom. The maximum atomic E-state index is 5.82. The summed E-state index contributed by atoms with van der Waals surface area (Å²) in [7, 11) is 6.76. The van der Waals surface area contributed by atoms with Crippen molar-refractivity contribution in [1.29, 1.82) is 0 Å². The summed E-state index contributed by atoms with van der Waals surface area (Å²) in [5.74, 6) is 0. The molecular formula is C18H29N3. The highest BCUT2D eigenvalue weighted by molar-refractivity contribution is 5.43. The predicted octanol–water partition coefficient (Wildman–Crippen LogP) is 2.72. The first-order valence-corrected chi connectivity index (χ1v) is 8.18. The Kier molecular flexibility index (Phi) is 3.74. The number of nitrogens with zero attached hydrogens (tertiary/aromatic N) is 2. The molecule has 1 aromatic rings. The molecule has 0 spiro atoms. The molecule has 116 valence electrons. The van der Waals surface area contributed by atoms with Gasteiger partial charge in [-0.05, 0) is 70.9 Å². The molecule has 2 aliphatic rings. The molecule has 21 heavy (non-hydrogen) atoms. The van der Waals surface area contributed by atoms with Gasteiger partial charge in [0.15, 0.2) is 0 Å². The first-order valence-electron chi connectivity index (χ1n) is 8.18. The van der Waals surface area contributed by atoms with Gasteiger partial charge >= 0.3 is 0 Å². The van der Waals surface area contributed by atoms with E-state index in [-0.39, 0.29) is 0 Å². The molecule has 3 nitrogen and oxygen atoms in total. The monoisotopic (exact) mass is 287 g/mol. The SMILES string of the molecule is CN(CC1(c2ccc(N)cc2)CC1)CC1(N(C)C)CCC1. The average Bonchev–Trinajstić information content (AvgIpc) is 3.15. The molecule has 3 rings (SSSR count). The zero-order valence-corrected chi connectivity index (χ0v) is 13.7. The van der Waals surface area contributed by atoms with Crippen molar-refractivity contribution in [3.05, 3.63) is 29.8 Å². The van der Waals surface area contributed by atoms with Gasteiger partial charge < -0.3 is 15.5 Å². The molecule has 2 fully saturated rings. The van der Waals surface area contributed by atoms with Crippen LogP contribution < -0.4 is 5.73 Å². The Balaban J connectivity index is 1.64. The summed E-state index contributed by atoms with van der Waals surface area (Å²) in [6.45, 7) is 2.36. The standard InChI is InChI=1S/C18H29N3/c1-20(2)18(9-4-10-18)14-21(3)13-17(11-12-17)15-5-7-16(19)8-6-15/h5-8H,4,9-14,19H2,1-3H3. The zero-order chi connectivity index (χ0) is 15.1. The van der Waals surface area contributed by atoms with Crippen LogP contribution in [0.25, 0.3) is 0 Å². The molecule has 2 N–H and O–H groups in total. The summed E-state index contributed by atoms with van der Waals surface area (Å²) in [5.41, 5.74) is 8.96. The van der Waals surface area contributed by atoms with Crippen LogP contribution in [0, 0.1) is 0 Å². The number of likely N-dealkylation sites (N-methyl/N-ethyl adjacent to an activating group) is 2. The van der Waals surface area contributed by atoms with Crippen molar-refractivity contribution in [2.24, 2.45) is 0 Å². The molecular weight excluding hydrogens is 258 g/mol. The lowest BCUT2D eigenvalue weighted by atomic mass is 9.75. The van der Waals surface area contributed by atoms with Gasteiger partial charge in [-0.15, -0.1) is 0 Å². The Hall–Kier alpha value is -1.06. The maximum absolute atomic E-state index is 5.82. The van der Waals surface area contributed by atoms with Crippen molar-refractivity contribution in [3.63, 3.8) is 0 Å². The maximum Gasteiger partial charge on any atom is 0.0330 e. The molecule has 0 saturated heterocycles. The number of rotatable bonds is 6. The van der Waals surface area contributed by atoms with E-state index < -0.39 is 0 Å². The fraction of sp³-hybridized carbons (Fsp3) is 0.667. The van der Waals surface area contributed by atoms with Crippen LogP contribution in [-0.4, -0.2) is 49.6 Å². The minimum Gasteiger partial charge on any atom is -0.399 e. The molecule has 0 aromatic heterocycles. The first kappa shape index (κ1) is 14.9. The van der Waals surface area contributed by atoms with Gasteiger partial charge in [0.25, 0.3) is 0 Å². The van der Waals surface area contributed by atoms with Crippen molar-refractivity contribution in [1.82, 2.24) is 9.80 Å². The van der Waals surface area contributed by atoms with E-state index in [1.54, 1.807) is 0 Å². The number of nitrogens with two attached hydrogens (primary N) is 1. The zero-order valence-electron chi connectivity index (χ0n) is 13.7. The Morgan fingerprint density at radius 3 is 2.00 bits per heavy atom. The minimum atomic E-state index is 0.389. The van der Waals surface area contributed by atoms with E-state index in [4.69, 9.17) is 5.73 Å². The molecule has 0 unspecified atom stereocenters. The highest BCUT2D eigenvalue weighted by atomic mass is 15.2. The second-order valence-electron chi connectivity index (χ2n) is 7.55. The van der Waals surface area contributed by atoms with Crippen molar-refractivity contribution in [2.75, 3.05) is 40.0 Å². The lowest BCUT2D eigenvalue weighted by Crippen LogP contribution is -2.57. The average molecular weight is 287 g/mol. The minimum absolute atomic E-state index is 0.389. The van der Waals surface area contributed by atoms with Crippen LogP contribution in [0.5, 0.6) is 0 Å². The smallest absolute Gasteiger partial charge is 0.0330 e. The Bertz CT molecular complexity index is 484.